The van der Waals surface area contributed by atoms with Crippen LogP contribution in [0.2, 0.25) is 0 Å². The molecular weight excluding hydrogens is 226 g/mol. The average molecular weight is 247 g/mol. The highest BCUT2D eigenvalue weighted by molar-refractivity contribution is 5.96. The van der Waals surface area contributed by atoms with Crippen LogP contribution >= 0.6 is 0 Å². The van der Waals surface area contributed by atoms with Crippen molar-refractivity contribution in [2.45, 2.75) is 26.2 Å². The molecule has 0 fully saturated rings. The van der Waals surface area contributed by atoms with E-state index in [0.29, 0.717) is 19.1 Å². The van der Waals surface area contributed by atoms with Crippen molar-refractivity contribution >= 4 is 11.8 Å². The lowest BCUT2D eigenvalue weighted by Gasteiger charge is -2.10. The first-order chi connectivity index (χ1) is 8.10. The van der Waals surface area contributed by atoms with Gasteiger partial charge in [0.2, 0.25) is 5.91 Å². The minimum absolute atomic E-state index is 0.229. The minimum atomic E-state index is -0.456. The van der Waals surface area contributed by atoms with Gasteiger partial charge < -0.3 is 10.2 Å². The number of hydrogen-bond donors (Lipinski definition) is 3. The summed E-state index contributed by atoms with van der Waals surface area (Å²) in [6.07, 6.45) is 1.39. The van der Waals surface area contributed by atoms with Crippen molar-refractivity contribution in [1.29, 1.82) is 0 Å². The van der Waals surface area contributed by atoms with E-state index in [9.17, 15) is 9.59 Å². The van der Waals surface area contributed by atoms with E-state index in [4.69, 9.17) is 10.7 Å². The van der Waals surface area contributed by atoms with Gasteiger partial charge in [0.05, 0.1) is 13.2 Å². The Morgan fingerprint density at radius 2 is 1.88 bits per heavy atom. The van der Waals surface area contributed by atoms with E-state index in [-0.39, 0.29) is 12.3 Å². The molecule has 0 saturated heterocycles. The van der Waals surface area contributed by atoms with Crippen molar-refractivity contribution in [3.8, 4) is 0 Å². The second-order valence-electron chi connectivity index (χ2n) is 3.78. The third kappa shape index (κ3) is 9.73. The van der Waals surface area contributed by atoms with E-state index in [1.54, 1.807) is 0 Å². The Hall–Kier alpha value is -1.18. The van der Waals surface area contributed by atoms with Crippen molar-refractivity contribution in [1.82, 2.24) is 10.8 Å². The summed E-state index contributed by atoms with van der Waals surface area (Å²) in [7, 11) is 1.47. The van der Waals surface area contributed by atoms with Crippen molar-refractivity contribution in [3.63, 3.8) is 0 Å². The Morgan fingerprint density at radius 3 is 2.47 bits per heavy atom. The maximum Gasteiger partial charge on any atom is 0.252 e. The van der Waals surface area contributed by atoms with Crippen LogP contribution in [0.25, 0.3) is 0 Å². The molecule has 17 heavy (non-hydrogen) atoms. The molecule has 0 aromatic rings. The molecule has 0 aliphatic heterocycles. The Morgan fingerprint density at radius 1 is 1.24 bits per heavy atom. The van der Waals surface area contributed by atoms with Gasteiger partial charge in [0, 0.05) is 7.05 Å². The van der Waals surface area contributed by atoms with Gasteiger partial charge in [-0.25, -0.2) is 11.4 Å². The fraction of sp³-hybridized carbons (Fsp3) is 0.800. The van der Waals surface area contributed by atoms with Gasteiger partial charge in [0.15, 0.2) is 0 Å². The second kappa shape index (κ2) is 10.0. The van der Waals surface area contributed by atoms with E-state index in [1.807, 2.05) is 6.92 Å². The molecule has 2 amide bonds. The molecule has 0 rings (SSSR count). The first kappa shape index (κ1) is 15.8. The smallest absolute Gasteiger partial charge is 0.252 e. The lowest BCUT2D eigenvalue weighted by atomic mass is 10.1. The number of hydroxylamine groups is 1. The zero-order chi connectivity index (χ0) is 13.1. The van der Waals surface area contributed by atoms with Crippen LogP contribution in [0.1, 0.15) is 26.2 Å². The second-order valence-corrected chi connectivity index (χ2v) is 3.78. The predicted octanol–water partition coefficient (Wildman–Crippen LogP) is -0.523. The van der Waals surface area contributed by atoms with Crippen LogP contribution in [0.5, 0.6) is 0 Å². The van der Waals surface area contributed by atoms with Crippen molar-refractivity contribution < 1.29 is 19.3 Å². The number of nitrogens with one attached hydrogen (secondary N) is 2. The van der Waals surface area contributed by atoms with E-state index in [0.717, 1.165) is 12.8 Å². The van der Waals surface area contributed by atoms with Gasteiger partial charge in [0.1, 0.15) is 6.42 Å². The molecule has 0 aromatic heterocycles. The van der Waals surface area contributed by atoms with Crippen LogP contribution in [-0.4, -0.2) is 32.1 Å². The molecule has 0 aliphatic rings. The normalized spacial score (nSPS) is 11.9. The quantitative estimate of drug-likeness (QED) is 0.289. The number of carbonyl (C=O) groups excluding carboxylic acids is 2. The van der Waals surface area contributed by atoms with Crippen LogP contribution in [-0.2, 0) is 19.3 Å². The van der Waals surface area contributed by atoms with Gasteiger partial charge in [-0.05, 0) is 18.8 Å². The molecule has 7 nitrogen and oxygen atoms in total. The summed E-state index contributed by atoms with van der Waals surface area (Å²) in [4.78, 5) is 31.3. The van der Waals surface area contributed by atoms with Crippen LogP contribution < -0.4 is 16.7 Å². The molecule has 0 bridgehead atoms. The zero-order valence-electron chi connectivity index (χ0n) is 10.3. The maximum atomic E-state index is 11.1. The largest absolute Gasteiger partial charge is 0.359 e. The standard InChI is InChI=1S/C10H21N3O4/c1-8(3-5-16-11)4-6-17-13-10(15)7-9(14)12-2/h8H,3-7,11H2,1-2H3,(H,12,14)(H,13,15). The molecule has 0 radical (unpaired) electrons. The SMILES string of the molecule is CNC(=O)CC(=O)NOCCC(C)CCON. The first-order valence-corrected chi connectivity index (χ1v) is 5.53. The summed E-state index contributed by atoms with van der Waals surface area (Å²) in [5, 5.41) is 2.35. The fourth-order valence-corrected chi connectivity index (χ4v) is 1.08. The maximum absolute atomic E-state index is 11.1. The summed E-state index contributed by atoms with van der Waals surface area (Å²) in [6.45, 7) is 2.93. The van der Waals surface area contributed by atoms with Gasteiger partial charge in [-0.2, -0.15) is 0 Å². The summed E-state index contributed by atoms with van der Waals surface area (Å²) < 4.78 is 0. The van der Waals surface area contributed by atoms with E-state index in [1.165, 1.54) is 7.05 Å². The third-order valence-electron chi connectivity index (χ3n) is 2.23. The van der Waals surface area contributed by atoms with Crippen molar-refractivity contribution in [2.24, 2.45) is 11.8 Å². The van der Waals surface area contributed by atoms with Crippen molar-refractivity contribution in [2.75, 3.05) is 20.3 Å². The number of carbonyl (C=O) groups is 2. The highest BCUT2D eigenvalue weighted by Crippen LogP contribution is 2.06. The topological polar surface area (TPSA) is 103 Å². The van der Waals surface area contributed by atoms with Gasteiger partial charge in [-0.1, -0.05) is 6.92 Å². The Kier molecular flexibility index (Phi) is 9.31. The summed E-state index contributed by atoms with van der Waals surface area (Å²) in [6, 6.07) is 0. The van der Waals surface area contributed by atoms with Crippen LogP contribution in [0.3, 0.4) is 0 Å². The number of nitrogens with two attached hydrogens (primary N) is 1. The van der Waals surface area contributed by atoms with Gasteiger partial charge in [-0.3, -0.25) is 14.4 Å². The fourth-order valence-electron chi connectivity index (χ4n) is 1.08. The Balaban J connectivity index is 3.44. The van der Waals surface area contributed by atoms with Gasteiger partial charge in [0.25, 0.3) is 5.91 Å². The number of rotatable bonds is 9. The highest BCUT2D eigenvalue weighted by Gasteiger charge is 2.07. The number of amides is 2. The monoisotopic (exact) mass is 247 g/mol. The summed E-state index contributed by atoms with van der Waals surface area (Å²) in [5.41, 5.74) is 2.20. The zero-order valence-corrected chi connectivity index (χ0v) is 10.3. The van der Waals surface area contributed by atoms with Gasteiger partial charge in [-0.15, -0.1) is 0 Å². The molecule has 0 heterocycles. The van der Waals surface area contributed by atoms with Crippen LogP contribution in [0, 0.1) is 5.92 Å². The summed E-state index contributed by atoms with van der Waals surface area (Å²) in [5.74, 6) is 4.50. The molecule has 0 saturated carbocycles. The van der Waals surface area contributed by atoms with Gasteiger partial charge >= 0.3 is 0 Å². The first-order valence-electron chi connectivity index (χ1n) is 5.53. The van der Waals surface area contributed by atoms with Crippen LogP contribution in [0.4, 0.5) is 0 Å². The van der Waals surface area contributed by atoms with E-state index >= 15 is 0 Å². The molecule has 0 aromatic carbocycles. The van der Waals surface area contributed by atoms with Crippen LogP contribution in [0.15, 0.2) is 0 Å². The number of hydrogen-bond acceptors (Lipinski definition) is 5. The molecule has 100 valence electrons. The van der Waals surface area contributed by atoms with E-state index in [2.05, 4.69) is 15.6 Å². The average Bonchev–Trinajstić information content (AvgIpc) is 2.31. The van der Waals surface area contributed by atoms with E-state index < -0.39 is 5.91 Å². The predicted molar refractivity (Wildman–Crippen MR) is 61.3 cm³/mol. The molecule has 4 N–H and O–H groups in total. The molecule has 0 aliphatic carbocycles. The molecule has 7 heteroatoms. The minimum Gasteiger partial charge on any atom is -0.359 e. The highest BCUT2D eigenvalue weighted by atomic mass is 16.6. The van der Waals surface area contributed by atoms with Crippen molar-refractivity contribution in [3.05, 3.63) is 0 Å². The molecule has 1 unspecified atom stereocenters. The Labute approximate surface area is 101 Å². The molecule has 1 atom stereocenters. The lowest BCUT2D eigenvalue weighted by molar-refractivity contribution is -0.137. The Bertz CT molecular complexity index is 236. The summed E-state index contributed by atoms with van der Waals surface area (Å²) >= 11 is 0. The lowest BCUT2D eigenvalue weighted by Crippen LogP contribution is -2.30. The molecular formula is C10H21N3O4. The molecule has 0 spiro atoms. The third-order valence-corrected chi connectivity index (χ3v) is 2.23.